The summed E-state index contributed by atoms with van der Waals surface area (Å²) < 4.78 is 5.26. The predicted octanol–water partition coefficient (Wildman–Crippen LogP) is 7.40. The summed E-state index contributed by atoms with van der Waals surface area (Å²) in [6.07, 6.45) is 12.0. The largest absolute Gasteiger partial charge is 0.147 e. The zero-order chi connectivity index (χ0) is 19.4. The van der Waals surface area contributed by atoms with Gasteiger partial charge < -0.3 is 0 Å². The Balaban J connectivity index is 0.00000102. The fraction of sp³-hybridized carbons (Fsp3) is 0.280. The minimum Gasteiger partial charge on any atom is -0.147 e. The summed E-state index contributed by atoms with van der Waals surface area (Å²) in [7, 11) is 1.37. The molecule has 2 aliphatic carbocycles. The summed E-state index contributed by atoms with van der Waals surface area (Å²) >= 11 is -2.30. The Morgan fingerprint density at radius 3 is 2.28 bits per heavy atom. The van der Waals surface area contributed by atoms with Crippen LogP contribution in [0.5, 0.6) is 0 Å². The van der Waals surface area contributed by atoms with Crippen LogP contribution in [0.3, 0.4) is 0 Å². The van der Waals surface area contributed by atoms with E-state index < -0.39 is 19.4 Å². The maximum Gasteiger partial charge on any atom is -0.147 e. The molecule has 2 unspecified atom stereocenters. The fourth-order valence-electron chi connectivity index (χ4n) is 4.60. The van der Waals surface area contributed by atoms with Crippen LogP contribution in [0.1, 0.15) is 48.4 Å². The van der Waals surface area contributed by atoms with Gasteiger partial charge in [-0.3, -0.25) is 0 Å². The van der Waals surface area contributed by atoms with Gasteiger partial charge in [-0.25, -0.2) is 0 Å². The zero-order valence-corrected chi connectivity index (χ0v) is 24.3. The molecule has 0 saturated heterocycles. The number of halogens is 2. The molecule has 0 heterocycles. The van der Waals surface area contributed by atoms with Crippen LogP contribution in [-0.4, -0.2) is 7.37 Å². The van der Waals surface area contributed by atoms with Crippen molar-refractivity contribution in [2.24, 2.45) is 0 Å². The third kappa shape index (κ3) is 5.16. The average molecular weight is 525 g/mol. The molecular formula is C25H34Cl2SiZr. The molecule has 0 aliphatic heterocycles. The Morgan fingerprint density at radius 1 is 1.00 bits per heavy atom. The molecule has 2 aromatic carbocycles. The summed E-state index contributed by atoms with van der Waals surface area (Å²) in [6.45, 7) is 6.34. The first-order chi connectivity index (χ1) is 13.1. The van der Waals surface area contributed by atoms with Gasteiger partial charge in [-0.05, 0) is 0 Å². The van der Waals surface area contributed by atoms with Gasteiger partial charge >= 0.3 is 159 Å². The number of allylic oxidation sites excluding steroid dienone is 5. The van der Waals surface area contributed by atoms with Crippen LogP contribution < -0.4 is 0 Å². The van der Waals surface area contributed by atoms with Crippen LogP contribution >= 0.6 is 24.8 Å². The van der Waals surface area contributed by atoms with Crippen molar-refractivity contribution >= 4 is 38.3 Å². The second kappa shape index (κ2) is 11.7. The summed E-state index contributed by atoms with van der Waals surface area (Å²) in [6, 6.07) is 17.9. The van der Waals surface area contributed by atoms with Crippen LogP contribution in [0.2, 0.25) is 4.63 Å². The van der Waals surface area contributed by atoms with Crippen molar-refractivity contribution < 1.29 is 19.4 Å². The van der Waals surface area contributed by atoms with E-state index in [0.29, 0.717) is 0 Å². The summed E-state index contributed by atoms with van der Waals surface area (Å²) in [5.41, 5.74) is 7.58. The van der Waals surface area contributed by atoms with Crippen molar-refractivity contribution in [2.75, 3.05) is 0 Å². The maximum absolute atomic E-state index is 2.69. The van der Waals surface area contributed by atoms with Gasteiger partial charge in [0.15, 0.2) is 0 Å². The molecule has 4 rings (SSSR count). The molecule has 2 aliphatic rings. The van der Waals surface area contributed by atoms with E-state index in [1.807, 2.05) is 17.1 Å². The Morgan fingerprint density at radius 2 is 1.69 bits per heavy atom. The molecule has 2 atom stereocenters. The van der Waals surface area contributed by atoms with Gasteiger partial charge in [-0.2, -0.15) is 0 Å². The maximum atomic E-state index is 2.69. The number of hydrogen-bond acceptors (Lipinski definition) is 0. The zero-order valence-electron chi connectivity index (χ0n) is 18.2. The smallest absolute Gasteiger partial charge is 0.147 e. The van der Waals surface area contributed by atoms with Gasteiger partial charge in [0.1, 0.15) is 0 Å². The number of hydrogen-bond donors (Lipinski definition) is 0. The van der Waals surface area contributed by atoms with Crippen molar-refractivity contribution in [1.82, 2.24) is 0 Å². The fourth-order valence-corrected chi connectivity index (χ4v) is 20.1. The summed E-state index contributed by atoms with van der Waals surface area (Å²) in [5, 5.41) is 0. The van der Waals surface area contributed by atoms with Gasteiger partial charge in [0.05, 0.1) is 0 Å². The van der Waals surface area contributed by atoms with Crippen LogP contribution in [-0.2, 0) is 19.4 Å². The summed E-state index contributed by atoms with van der Waals surface area (Å²) in [4.78, 5) is 0. The molecule has 0 fully saturated rings. The van der Waals surface area contributed by atoms with Crippen LogP contribution in [0.4, 0.5) is 0 Å². The average Bonchev–Trinajstić information content (AvgIpc) is 3.38. The molecule has 0 aromatic heterocycles. The van der Waals surface area contributed by atoms with Crippen molar-refractivity contribution in [2.45, 2.75) is 41.9 Å². The van der Waals surface area contributed by atoms with E-state index in [-0.39, 0.29) is 24.8 Å². The first-order valence-electron chi connectivity index (χ1n) is 10.4. The number of benzene rings is 2. The van der Waals surface area contributed by atoms with Crippen LogP contribution in [0, 0.1) is 0 Å². The molecule has 0 nitrogen and oxygen atoms in total. The monoisotopic (exact) mass is 522 g/mol. The van der Waals surface area contributed by atoms with Crippen molar-refractivity contribution in [3.8, 4) is 11.1 Å². The molecule has 0 spiro atoms. The molecular weight excluding hydrogens is 490 g/mol. The third-order valence-corrected chi connectivity index (χ3v) is 23.4. The van der Waals surface area contributed by atoms with E-state index >= 15 is 0 Å². The normalized spacial score (nSPS) is 18.3. The molecule has 156 valence electrons. The number of rotatable bonds is 4. The molecule has 0 bridgehead atoms. The van der Waals surface area contributed by atoms with Crippen molar-refractivity contribution in [3.63, 3.8) is 0 Å². The molecule has 0 saturated carbocycles. The van der Waals surface area contributed by atoms with Gasteiger partial charge in [-0.1, -0.05) is 13.8 Å². The van der Waals surface area contributed by atoms with Gasteiger partial charge in [0.25, 0.3) is 0 Å². The van der Waals surface area contributed by atoms with Crippen LogP contribution in [0.25, 0.3) is 17.2 Å². The van der Waals surface area contributed by atoms with Gasteiger partial charge in [-0.15, -0.1) is 24.8 Å². The van der Waals surface area contributed by atoms with Crippen molar-refractivity contribution in [3.05, 3.63) is 86.7 Å². The molecule has 0 radical (unpaired) electrons. The van der Waals surface area contributed by atoms with Crippen LogP contribution in [0.15, 0.2) is 75.6 Å². The SMILES string of the molecule is CC.CCC1=Cc2c(-c3ccccc3)cccc2[CH]1[Zr]([CH3])([SiH3])[C]1=CC=CC1.Cl.Cl. The number of fused-ring (bicyclic) bond motifs is 1. The Labute approximate surface area is 196 Å². The van der Waals surface area contributed by atoms with E-state index in [4.69, 9.17) is 0 Å². The van der Waals surface area contributed by atoms with E-state index in [2.05, 4.69) is 84.4 Å². The standard InChI is InChI=1S/C17H15.C5H5.C2H6.CH3.2ClH.H3Si.Zr/c1-2-13-11-15-9-6-10-16(17(15)12-13)14-7-4-3-5-8-14;1-2-4-5-3-1;1-2;;;;;/h3-12H,2H2,1H3;1-3H,4H2;1-2H3;1H3;2*1H;1H3;. The van der Waals surface area contributed by atoms with Crippen molar-refractivity contribution in [1.29, 1.82) is 0 Å². The Bertz CT molecular complexity index is 898. The molecule has 0 amide bonds. The first kappa shape index (κ1) is 26.4. The minimum absolute atomic E-state index is 0. The Kier molecular flexibility index (Phi) is 10.6. The quantitative estimate of drug-likeness (QED) is 0.366. The molecule has 2 aromatic rings. The Hall–Kier alpha value is -0.660. The first-order valence-corrected chi connectivity index (χ1v) is 23.9. The van der Waals surface area contributed by atoms with E-state index in [9.17, 15) is 0 Å². The predicted molar refractivity (Wildman–Crippen MR) is 136 cm³/mol. The summed E-state index contributed by atoms with van der Waals surface area (Å²) in [5.74, 6) is 0. The molecule has 0 N–H and O–H groups in total. The third-order valence-electron chi connectivity index (χ3n) is 5.96. The van der Waals surface area contributed by atoms with E-state index in [1.54, 1.807) is 11.1 Å². The second-order valence-corrected chi connectivity index (χ2v) is 31.5. The minimum atomic E-state index is -2.30. The van der Waals surface area contributed by atoms with E-state index in [0.717, 1.165) is 3.63 Å². The second-order valence-electron chi connectivity index (χ2n) is 7.73. The molecule has 4 heteroatoms. The topological polar surface area (TPSA) is 0 Å². The van der Waals surface area contributed by atoms with E-state index in [1.165, 1.54) is 36.9 Å². The van der Waals surface area contributed by atoms with Gasteiger partial charge in [0, 0.05) is 0 Å². The van der Waals surface area contributed by atoms with Gasteiger partial charge in [0.2, 0.25) is 0 Å². The molecule has 29 heavy (non-hydrogen) atoms.